The van der Waals surface area contributed by atoms with Crippen LogP contribution < -0.4 is 10.6 Å². The fourth-order valence-corrected chi connectivity index (χ4v) is 3.52. The van der Waals surface area contributed by atoms with Gasteiger partial charge in [-0.1, -0.05) is 6.07 Å². The van der Waals surface area contributed by atoms with Crippen molar-refractivity contribution >= 4 is 21.6 Å². The van der Waals surface area contributed by atoms with E-state index < -0.39 is 15.9 Å². The Morgan fingerprint density at radius 3 is 2.78 bits per heavy atom. The maximum atomic E-state index is 11.6. The van der Waals surface area contributed by atoms with Crippen molar-refractivity contribution in [2.24, 2.45) is 0 Å². The number of amides is 2. The fraction of sp³-hybridized carbons (Fsp3) is 0.364. The number of carbonyl (C=O) groups is 1. The first-order chi connectivity index (χ1) is 8.44. The van der Waals surface area contributed by atoms with Crippen LogP contribution in [-0.2, 0) is 9.84 Å². The summed E-state index contributed by atoms with van der Waals surface area (Å²) in [6.07, 6.45) is 0.440. The summed E-state index contributed by atoms with van der Waals surface area (Å²) >= 11 is 0. The molecule has 0 spiro atoms. The lowest BCUT2D eigenvalue weighted by Gasteiger charge is -2.12. The van der Waals surface area contributed by atoms with Crippen LogP contribution in [0.1, 0.15) is 6.42 Å². The lowest BCUT2D eigenvalue weighted by atomic mass is 10.3. The molecule has 6 nitrogen and oxygen atoms in total. The van der Waals surface area contributed by atoms with Crippen LogP contribution in [0.4, 0.5) is 10.5 Å². The predicted octanol–water partition coefficient (Wildman–Crippen LogP) is 0.701. The maximum Gasteiger partial charge on any atom is 0.319 e. The number of carbonyl (C=O) groups excluding carboxylic acids is 1. The van der Waals surface area contributed by atoms with E-state index in [-0.39, 0.29) is 23.3 Å². The zero-order valence-corrected chi connectivity index (χ0v) is 10.4. The zero-order valence-electron chi connectivity index (χ0n) is 9.59. The van der Waals surface area contributed by atoms with Gasteiger partial charge in [-0.25, -0.2) is 13.2 Å². The van der Waals surface area contributed by atoms with E-state index in [9.17, 15) is 18.3 Å². The highest BCUT2D eigenvalue weighted by Crippen LogP contribution is 2.16. The summed E-state index contributed by atoms with van der Waals surface area (Å²) in [5.41, 5.74) is 0.452. The Morgan fingerprint density at radius 1 is 1.39 bits per heavy atom. The average Bonchev–Trinajstić information content (AvgIpc) is 2.57. The van der Waals surface area contributed by atoms with Gasteiger partial charge < -0.3 is 15.7 Å². The molecule has 98 valence electrons. The molecule has 1 aromatic rings. The van der Waals surface area contributed by atoms with Gasteiger partial charge in [0, 0.05) is 17.8 Å². The van der Waals surface area contributed by atoms with Crippen molar-refractivity contribution in [3.63, 3.8) is 0 Å². The molecule has 0 aromatic heterocycles. The van der Waals surface area contributed by atoms with E-state index in [1.54, 1.807) is 12.1 Å². The normalized spacial score (nSPS) is 21.4. The highest BCUT2D eigenvalue weighted by atomic mass is 32.2. The summed E-state index contributed by atoms with van der Waals surface area (Å²) in [6.45, 7) is 0. The molecular weight excluding hydrogens is 256 g/mol. The molecule has 2 amide bonds. The van der Waals surface area contributed by atoms with Crippen LogP contribution in [0.5, 0.6) is 5.75 Å². The molecule has 1 aliphatic heterocycles. The van der Waals surface area contributed by atoms with Gasteiger partial charge in [-0.2, -0.15) is 0 Å². The molecule has 1 atom stereocenters. The quantitative estimate of drug-likeness (QED) is 0.737. The number of rotatable bonds is 2. The summed E-state index contributed by atoms with van der Waals surface area (Å²) in [7, 11) is -3.00. The van der Waals surface area contributed by atoms with Crippen LogP contribution >= 0.6 is 0 Å². The van der Waals surface area contributed by atoms with Crippen molar-refractivity contribution in [1.82, 2.24) is 5.32 Å². The summed E-state index contributed by atoms with van der Waals surface area (Å²) in [5, 5.41) is 14.4. The van der Waals surface area contributed by atoms with E-state index in [0.717, 1.165) is 0 Å². The monoisotopic (exact) mass is 270 g/mol. The van der Waals surface area contributed by atoms with E-state index in [1.807, 2.05) is 0 Å². The molecule has 1 saturated heterocycles. The summed E-state index contributed by atoms with van der Waals surface area (Å²) in [4.78, 5) is 11.6. The summed E-state index contributed by atoms with van der Waals surface area (Å²) in [6, 6.07) is 5.32. The number of hydrogen-bond acceptors (Lipinski definition) is 4. The molecule has 1 aliphatic rings. The molecule has 0 radical (unpaired) electrons. The van der Waals surface area contributed by atoms with Crippen molar-refractivity contribution in [3.05, 3.63) is 24.3 Å². The third-order valence-electron chi connectivity index (χ3n) is 2.67. The summed E-state index contributed by atoms with van der Waals surface area (Å²) < 4.78 is 22.4. The lowest BCUT2D eigenvalue weighted by molar-refractivity contribution is 0.249. The molecule has 0 bridgehead atoms. The van der Waals surface area contributed by atoms with Crippen LogP contribution in [0.15, 0.2) is 24.3 Å². The van der Waals surface area contributed by atoms with Gasteiger partial charge in [-0.15, -0.1) is 0 Å². The molecule has 1 unspecified atom stereocenters. The second-order valence-electron chi connectivity index (χ2n) is 4.25. The van der Waals surface area contributed by atoms with Crippen LogP contribution in [0.3, 0.4) is 0 Å². The van der Waals surface area contributed by atoms with Crippen molar-refractivity contribution in [1.29, 1.82) is 0 Å². The molecule has 1 aromatic carbocycles. The van der Waals surface area contributed by atoms with Crippen molar-refractivity contribution in [2.75, 3.05) is 16.8 Å². The minimum Gasteiger partial charge on any atom is -0.508 e. The van der Waals surface area contributed by atoms with E-state index >= 15 is 0 Å². The smallest absolute Gasteiger partial charge is 0.319 e. The molecule has 0 aliphatic carbocycles. The molecule has 2 rings (SSSR count). The third-order valence-corrected chi connectivity index (χ3v) is 4.44. The van der Waals surface area contributed by atoms with Crippen LogP contribution in [-0.4, -0.2) is 37.1 Å². The molecule has 3 N–H and O–H groups in total. The summed E-state index contributed by atoms with van der Waals surface area (Å²) in [5.74, 6) is 0.154. The Labute approximate surface area is 105 Å². The van der Waals surface area contributed by atoms with Gasteiger partial charge in [0.2, 0.25) is 0 Å². The first kappa shape index (κ1) is 12.7. The SMILES string of the molecule is O=C(Nc1cccc(O)c1)NC1CCS(=O)(=O)C1. The second-order valence-corrected chi connectivity index (χ2v) is 6.48. The Kier molecular flexibility index (Phi) is 3.42. The Morgan fingerprint density at radius 2 is 2.17 bits per heavy atom. The van der Waals surface area contributed by atoms with Gasteiger partial charge in [-0.3, -0.25) is 0 Å². The third kappa shape index (κ3) is 3.36. The molecule has 18 heavy (non-hydrogen) atoms. The first-order valence-corrected chi connectivity index (χ1v) is 7.34. The number of phenols is 1. The predicted molar refractivity (Wildman–Crippen MR) is 67.3 cm³/mol. The van der Waals surface area contributed by atoms with E-state index in [2.05, 4.69) is 10.6 Å². The highest BCUT2D eigenvalue weighted by molar-refractivity contribution is 7.91. The minimum atomic E-state index is -3.00. The van der Waals surface area contributed by atoms with Gasteiger partial charge in [-0.05, 0) is 18.6 Å². The Balaban J connectivity index is 1.90. The molecule has 1 fully saturated rings. The van der Waals surface area contributed by atoms with Crippen molar-refractivity contribution < 1.29 is 18.3 Å². The van der Waals surface area contributed by atoms with Crippen molar-refractivity contribution in [3.8, 4) is 5.75 Å². The molecular formula is C11H14N2O4S. The van der Waals surface area contributed by atoms with Crippen molar-refractivity contribution in [2.45, 2.75) is 12.5 Å². The van der Waals surface area contributed by atoms with Gasteiger partial charge >= 0.3 is 6.03 Å². The average molecular weight is 270 g/mol. The number of aromatic hydroxyl groups is 1. The first-order valence-electron chi connectivity index (χ1n) is 5.51. The lowest BCUT2D eigenvalue weighted by Crippen LogP contribution is -2.38. The number of sulfone groups is 1. The number of phenolic OH excluding ortho intramolecular Hbond substituents is 1. The van der Waals surface area contributed by atoms with Gasteiger partial charge in [0.1, 0.15) is 5.75 Å². The van der Waals surface area contributed by atoms with E-state index in [1.165, 1.54) is 12.1 Å². The number of hydrogen-bond donors (Lipinski definition) is 3. The standard InChI is InChI=1S/C11H14N2O4S/c14-10-3-1-2-8(6-10)12-11(15)13-9-4-5-18(16,17)7-9/h1-3,6,9,14H,4-5,7H2,(H2,12,13,15). The van der Waals surface area contributed by atoms with Crippen LogP contribution in [0.2, 0.25) is 0 Å². The van der Waals surface area contributed by atoms with E-state index in [4.69, 9.17) is 0 Å². The van der Waals surface area contributed by atoms with E-state index in [0.29, 0.717) is 12.1 Å². The van der Waals surface area contributed by atoms with Crippen LogP contribution in [0.25, 0.3) is 0 Å². The van der Waals surface area contributed by atoms with Gasteiger partial charge in [0.25, 0.3) is 0 Å². The van der Waals surface area contributed by atoms with Gasteiger partial charge in [0.15, 0.2) is 9.84 Å². The largest absolute Gasteiger partial charge is 0.508 e. The molecule has 7 heteroatoms. The number of nitrogens with one attached hydrogen (secondary N) is 2. The number of urea groups is 1. The topological polar surface area (TPSA) is 95.5 Å². The molecule has 0 saturated carbocycles. The highest BCUT2D eigenvalue weighted by Gasteiger charge is 2.28. The Bertz CT molecular complexity index is 556. The molecule has 1 heterocycles. The fourth-order valence-electron chi connectivity index (χ4n) is 1.85. The number of benzene rings is 1. The number of anilines is 1. The second kappa shape index (κ2) is 4.85. The maximum absolute atomic E-state index is 11.6. The Hall–Kier alpha value is -1.76. The zero-order chi connectivity index (χ0) is 13.2. The van der Waals surface area contributed by atoms with Crippen LogP contribution in [0, 0.1) is 0 Å². The minimum absolute atomic E-state index is 0.0134. The van der Waals surface area contributed by atoms with Gasteiger partial charge in [0.05, 0.1) is 11.5 Å².